The van der Waals surface area contributed by atoms with Crippen LogP contribution in [0, 0.1) is 0 Å². The van der Waals surface area contributed by atoms with Gasteiger partial charge in [-0.1, -0.05) is 25.9 Å². The average Bonchev–Trinajstić information content (AvgIpc) is 3.06. The van der Waals surface area contributed by atoms with E-state index in [1.807, 2.05) is 20.8 Å². The zero-order chi connectivity index (χ0) is 19.4. The molecular formula is C16H19BrN4O4S. The molecule has 2 heterocycles. The predicted octanol–water partition coefficient (Wildman–Crippen LogP) is 2.73. The second kappa shape index (κ2) is 5.98. The Morgan fingerprint density at radius 2 is 1.69 bits per heavy atom. The van der Waals surface area contributed by atoms with Crippen LogP contribution in [-0.4, -0.2) is 22.7 Å². The molecule has 0 radical (unpaired) electrons. The number of hydrogen-bond donors (Lipinski definition) is 1. The summed E-state index contributed by atoms with van der Waals surface area (Å²) < 4.78 is 36.4. The standard InChI is InChI=1S/C16H19BrN4O4S/c1-16(2,3)13-8-14(18-25-13)19-26(23,24)12-7-11-10(6-9(12)17)20(4)15(22)21(11)5/h6-8H,1-5H3,(H,18,19). The molecule has 0 unspecified atom stereocenters. The number of aromatic nitrogens is 3. The van der Waals surface area contributed by atoms with Crippen molar-refractivity contribution in [1.29, 1.82) is 0 Å². The van der Waals surface area contributed by atoms with E-state index < -0.39 is 10.0 Å². The highest BCUT2D eigenvalue weighted by Gasteiger charge is 2.25. The van der Waals surface area contributed by atoms with Crippen LogP contribution < -0.4 is 10.4 Å². The van der Waals surface area contributed by atoms with Gasteiger partial charge in [0.05, 0.1) is 11.0 Å². The van der Waals surface area contributed by atoms with Gasteiger partial charge in [0.2, 0.25) is 0 Å². The largest absolute Gasteiger partial charge is 0.359 e. The molecule has 10 heteroatoms. The van der Waals surface area contributed by atoms with Crippen molar-refractivity contribution in [2.24, 2.45) is 14.1 Å². The molecule has 1 N–H and O–H groups in total. The number of aryl methyl sites for hydroxylation is 2. The van der Waals surface area contributed by atoms with Crippen molar-refractivity contribution in [3.63, 3.8) is 0 Å². The van der Waals surface area contributed by atoms with Crippen molar-refractivity contribution in [3.8, 4) is 0 Å². The Labute approximate surface area is 159 Å². The predicted molar refractivity (Wildman–Crippen MR) is 102 cm³/mol. The molecule has 0 saturated carbocycles. The van der Waals surface area contributed by atoms with Gasteiger partial charge in [-0.25, -0.2) is 13.2 Å². The topological polar surface area (TPSA) is 99.1 Å². The summed E-state index contributed by atoms with van der Waals surface area (Å²) in [6.45, 7) is 5.81. The van der Waals surface area contributed by atoms with Crippen molar-refractivity contribution >= 4 is 42.8 Å². The number of fused-ring (bicyclic) bond motifs is 1. The molecular weight excluding hydrogens is 424 g/mol. The van der Waals surface area contributed by atoms with Gasteiger partial charge >= 0.3 is 5.69 Å². The monoisotopic (exact) mass is 442 g/mol. The lowest BCUT2D eigenvalue weighted by Crippen LogP contribution is -2.19. The van der Waals surface area contributed by atoms with E-state index in [4.69, 9.17) is 4.52 Å². The van der Waals surface area contributed by atoms with Gasteiger partial charge in [-0.15, -0.1) is 0 Å². The number of nitrogens with one attached hydrogen (secondary N) is 1. The summed E-state index contributed by atoms with van der Waals surface area (Å²) in [4.78, 5) is 12.1. The van der Waals surface area contributed by atoms with Gasteiger partial charge in [0.1, 0.15) is 10.7 Å². The lowest BCUT2D eigenvalue weighted by molar-refractivity contribution is 0.331. The Morgan fingerprint density at radius 3 is 2.23 bits per heavy atom. The van der Waals surface area contributed by atoms with Crippen LogP contribution in [0.1, 0.15) is 26.5 Å². The summed E-state index contributed by atoms with van der Waals surface area (Å²) >= 11 is 3.28. The normalized spacial score (nSPS) is 12.7. The number of nitrogens with zero attached hydrogens (tertiary/aromatic N) is 3. The van der Waals surface area contributed by atoms with Crippen molar-refractivity contribution < 1.29 is 12.9 Å². The highest BCUT2D eigenvalue weighted by molar-refractivity contribution is 9.10. The Bertz CT molecular complexity index is 1170. The van der Waals surface area contributed by atoms with E-state index in [2.05, 4.69) is 25.8 Å². The molecule has 2 aromatic heterocycles. The maximum absolute atomic E-state index is 12.8. The SMILES string of the molecule is Cn1c(=O)n(C)c2cc(S(=O)(=O)Nc3cc(C(C)(C)C)on3)c(Br)cc21. The highest BCUT2D eigenvalue weighted by Crippen LogP contribution is 2.30. The van der Waals surface area contributed by atoms with Crippen molar-refractivity contribution in [3.05, 3.63) is 38.9 Å². The van der Waals surface area contributed by atoms with Crippen molar-refractivity contribution in [2.75, 3.05) is 4.72 Å². The van der Waals surface area contributed by atoms with Crippen LogP contribution in [0.25, 0.3) is 11.0 Å². The fourth-order valence-electron chi connectivity index (χ4n) is 2.58. The van der Waals surface area contributed by atoms with E-state index in [1.165, 1.54) is 15.2 Å². The van der Waals surface area contributed by atoms with Crippen LogP contribution in [0.4, 0.5) is 5.82 Å². The smallest absolute Gasteiger partial charge is 0.328 e. The van der Waals surface area contributed by atoms with E-state index >= 15 is 0 Å². The number of halogens is 1. The Balaban J connectivity index is 2.07. The summed E-state index contributed by atoms with van der Waals surface area (Å²) in [6, 6.07) is 4.62. The molecule has 3 aromatic rings. The number of imidazole rings is 1. The molecule has 0 aliphatic carbocycles. The third-order valence-electron chi connectivity index (χ3n) is 4.10. The van der Waals surface area contributed by atoms with Crippen molar-refractivity contribution in [1.82, 2.24) is 14.3 Å². The van der Waals surface area contributed by atoms with Crippen molar-refractivity contribution in [2.45, 2.75) is 31.1 Å². The van der Waals surface area contributed by atoms with E-state index in [0.29, 0.717) is 21.3 Å². The third-order valence-corrected chi connectivity index (χ3v) is 6.42. The van der Waals surface area contributed by atoms with Crippen LogP contribution in [-0.2, 0) is 29.5 Å². The molecule has 0 saturated heterocycles. The minimum atomic E-state index is -3.93. The summed E-state index contributed by atoms with van der Waals surface area (Å²) in [5.74, 6) is 0.666. The van der Waals surface area contributed by atoms with Crippen LogP contribution in [0.2, 0.25) is 0 Å². The highest BCUT2D eigenvalue weighted by atomic mass is 79.9. The molecule has 3 rings (SSSR count). The fraction of sp³-hybridized carbons (Fsp3) is 0.375. The Kier molecular flexibility index (Phi) is 4.31. The first-order chi connectivity index (χ1) is 11.9. The molecule has 1 aromatic carbocycles. The minimum Gasteiger partial charge on any atom is -0.359 e. The maximum atomic E-state index is 12.8. The zero-order valence-corrected chi connectivity index (χ0v) is 17.4. The van der Waals surface area contributed by atoms with Crippen LogP contribution in [0.5, 0.6) is 0 Å². The maximum Gasteiger partial charge on any atom is 0.328 e. The molecule has 140 valence electrons. The molecule has 0 bridgehead atoms. The van der Waals surface area contributed by atoms with Gasteiger partial charge < -0.3 is 4.52 Å². The second-order valence-corrected chi connectivity index (χ2v) is 9.61. The quantitative estimate of drug-likeness (QED) is 0.671. The number of rotatable bonds is 3. The van der Waals surface area contributed by atoms with Gasteiger partial charge in [-0.3, -0.25) is 13.9 Å². The lowest BCUT2D eigenvalue weighted by Gasteiger charge is -2.12. The second-order valence-electron chi connectivity index (χ2n) is 7.10. The first-order valence-corrected chi connectivity index (χ1v) is 10.0. The van der Waals surface area contributed by atoms with E-state index in [-0.39, 0.29) is 21.8 Å². The van der Waals surface area contributed by atoms with Gasteiger partial charge in [0.15, 0.2) is 5.82 Å². The summed E-state index contributed by atoms with van der Waals surface area (Å²) in [7, 11) is -0.707. The fourth-order valence-corrected chi connectivity index (χ4v) is 4.61. The first-order valence-electron chi connectivity index (χ1n) is 7.77. The number of benzene rings is 1. The number of sulfonamides is 1. The van der Waals surface area contributed by atoms with Gasteiger partial charge in [0.25, 0.3) is 10.0 Å². The average molecular weight is 443 g/mol. The Hall–Kier alpha value is -2.07. The molecule has 8 nitrogen and oxygen atoms in total. The van der Waals surface area contributed by atoms with E-state index in [1.54, 1.807) is 26.2 Å². The van der Waals surface area contributed by atoms with Gasteiger partial charge in [0, 0.05) is 30.0 Å². The number of hydrogen-bond acceptors (Lipinski definition) is 5. The zero-order valence-electron chi connectivity index (χ0n) is 15.0. The van der Waals surface area contributed by atoms with E-state index in [9.17, 15) is 13.2 Å². The number of anilines is 1. The molecule has 0 amide bonds. The minimum absolute atomic E-state index is 0.00603. The van der Waals surface area contributed by atoms with Crippen LogP contribution >= 0.6 is 15.9 Å². The molecule has 26 heavy (non-hydrogen) atoms. The van der Waals surface area contributed by atoms with Crippen LogP contribution in [0.3, 0.4) is 0 Å². The molecule has 0 atom stereocenters. The van der Waals surface area contributed by atoms with E-state index in [0.717, 1.165) is 0 Å². The summed E-state index contributed by atoms with van der Waals surface area (Å²) in [5, 5.41) is 3.78. The van der Waals surface area contributed by atoms with Crippen LogP contribution in [0.15, 0.2) is 36.9 Å². The first kappa shape index (κ1) is 18.7. The molecule has 0 fully saturated rings. The summed E-state index contributed by atoms with van der Waals surface area (Å²) in [5.41, 5.74) is 0.607. The molecule has 0 aliphatic heterocycles. The molecule has 0 spiro atoms. The lowest BCUT2D eigenvalue weighted by atomic mass is 9.93. The summed E-state index contributed by atoms with van der Waals surface area (Å²) in [6.07, 6.45) is 0. The Morgan fingerprint density at radius 1 is 1.12 bits per heavy atom. The van der Waals surface area contributed by atoms with Gasteiger partial charge in [-0.2, -0.15) is 0 Å². The third kappa shape index (κ3) is 3.07. The van der Waals surface area contributed by atoms with Gasteiger partial charge in [-0.05, 0) is 28.1 Å². The molecule has 0 aliphatic rings.